The van der Waals surface area contributed by atoms with Gasteiger partial charge in [0, 0.05) is 18.3 Å². The lowest BCUT2D eigenvalue weighted by molar-refractivity contribution is 0.507. The van der Waals surface area contributed by atoms with Gasteiger partial charge in [-0.1, -0.05) is 6.92 Å². The fourth-order valence-electron chi connectivity index (χ4n) is 1.08. The Morgan fingerprint density at radius 1 is 1.69 bits per heavy atom. The summed E-state index contributed by atoms with van der Waals surface area (Å²) in [5.74, 6) is -0.649. The normalized spacial score (nSPS) is 12.8. The van der Waals surface area contributed by atoms with Crippen LogP contribution in [0.5, 0.6) is 0 Å². The largest absolute Gasteiger partial charge is 0.395 e. The fraction of sp³-hybridized carbons (Fsp3) is 0.444. The van der Waals surface area contributed by atoms with Gasteiger partial charge in [-0.2, -0.15) is 0 Å². The number of pyridine rings is 1. The summed E-state index contributed by atoms with van der Waals surface area (Å²) >= 11 is 0. The molecule has 0 saturated carbocycles. The minimum Gasteiger partial charge on any atom is -0.395 e. The summed E-state index contributed by atoms with van der Waals surface area (Å²) in [5, 5.41) is 0. The molecule has 1 rings (SSSR count). The molecule has 4 heteroatoms. The molecule has 0 aliphatic heterocycles. The second kappa shape index (κ2) is 3.60. The first-order valence-corrected chi connectivity index (χ1v) is 4.23. The van der Waals surface area contributed by atoms with Crippen LogP contribution >= 0.6 is 0 Å². The molecule has 0 saturated heterocycles. The van der Waals surface area contributed by atoms with Gasteiger partial charge in [0.05, 0.1) is 5.69 Å². The number of halogens is 1. The van der Waals surface area contributed by atoms with Gasteiger partial charge < -0.3 is 10.3 Å². The SMILES string of the molecule is CCC(C)n1cc(N)c(F)cc1=O. The van der Waals surface area contributed by atoms with Gasteiger partial charge in [0.15, 0.2) is 5.82 Å². The Morgan fingerprint density at radius 3 is 2.85 bits per heavy atom. The Balaban J connectivity index is 3.24. The monoisotopic (exact) mass is 184 g/mol. The van der Waals surface area contributed by atoms with E-state index in [0.29, 0.717) is 0 Å². The average Bonchev–Trinajstić information content (AvgIpc) is 2.10. The van der Waals surface area contributed by atoms with Crippen molar-refractivity contribution < 1.29 is 4.39 Å². The Morgan fingerprint density at radius 2 is 2.31 bits per heavy atom. The summed E-state index contributed by atoms with van der Waals surface area (Å²) in [5.41, 5.74) is 5.01. The second-order valence-corrected chi connectivity index (χ2v) is 3.08. The zero-order valence-electron chi connectivity index (χ0n) is 7.75. The van der Waals surface area contributed by atoms with E-state index in [-0.39, 0.29) is 17.3 Å². The molecule has 0 radical (unpaired) electrons. The molecule has 1 aromatic heterocycles. The highest BCUT2D eigenvalue weighted by Gasteiger charge is 2.07. The lowest BCUT2D eigenvalue weighted by Gasteiger charge is -2.13. The zero-order valence-corrected chi connectivity index (χ0v) is 7.75. The number of hydrogen-bond donors (Lipinski definition) is 1. The first kappa shape index (κ1) is 9.77. The maximum absolute atomic E-state index is 12.8. The maximum Gasteiger partial charge on any atom is 0.253 e. The molecule has 0 aliphatic rings. The number of nitrogen functional groups attached to an aromatic ring is 1. The van der Waals surface area contributed by atoms with E-state index in [1.165, 1.54) is 10.8 Å². The van der Waals surface area contributed by atoms with Crippen molar-refractivity contribution in [2.75, 3.05) is 5.73 Å². The van der Waals surface area contributed by atoms with Gasteiger partial charge >= 0.3 is 0 Å². The van der Waals surface area contributed by atoms with Crippen LogP contribution in [0.15, 0.2) is 17.1 Å². The van der Waals surface area contributed by atoms with Gasteiger partial charge in [-0.3, -0.25) is 4.79 Å². The Kier molecular flexibility index (Phi) is 2.70. The fourth-order valence-corrected chi connectivity index (χ4v) is 1.08. The lowest BCUT2D eigenvalue weighted by Crippen LogP contribution is -2.23. The van der Waals surface area contributed by atoms with Crippen molar-refractivity contribution in [2.24, 2.45) is 0 Å². The van der Waals surface area contributed by atoms with E-state index in [2.05, 4.69) is 0 Å². The molecule has 0 aliphatic carbocycles. The Labute approximate surface area is 76.0 Å². The quantitative estimate of drug-likeness (QED) is 0.757. The molecule has 0 fully saturated rings. The first-order valence-electron chi connectivity index (χ1n) is 4.23. The van der Waals surface area contributed by atoms with Gasteiger partial charge in [-0.25, -0.2) is 4.39 Å². The third-order valence-corrected chi connectivity index (χ3v) is 2.12. The molecule has 1 heterocycles. The van der Waals surface area contributed by atoms with Crippen molar-refractivity contribution in [3.63, 3.8) is 0 Å². The summed E-state index contributed by atoms with van der Waals surface area (Å²) in [6.45, 7) is 3.84. The van der Waals surface area contributed by atoms with Gasteiger partial charge in [0.2, 0.25) is 0 Å². The Bertz CT molecular complexity index is 359. The van der Waals surface area contributed by atoms with Crippen LogP contribution in [0.3, 0.4) is 0 Å². The topological polar surface area (TPSA) is 48.0 Å². The van der Waals surface area contributed by atoms with Crippen molar-refractivity contribution in [1.82, 2.24) is 4.57 Å². The predicted octanol–water partition coefficient (Wildman–Crippen LogP) is 1.54. The van der Waals surface area contributed by atoms with E-state index < -0.39 is 5.82 Å². The molecule has 3 nitrogen and oxygen atoms in total. The smallest absolute Gasteiger partial charge is 0.253 e. The summed E-state index contributed by atoms with van der Waals surface area (Å²) in [4.78, 5) is 11.3. The highest BCUT2D eigenvalue weighted by Crippen LogP contribution is 2.11. The van der Waals surface area contributed by atoms with Gasteiger partial charge in [0.1, 0.15) is 0 Å². The minimum atomic E-state index is -0.649. The Hall–Kier alpha value is -1.32. The number of anilines is 1. The minimum absolute atomic E-state index is 0.0138. The van der Waals surface area contributed by atoms with Crippen molar-refractivity contribution >= 4 is 5.69 Å². The molecule has 1 aromatic rings. The summed E-state index contributed by atoms with van der Waals surface area (Å²) in [6, 6.07) is 0.969. The number of aromatic nitrogens is 1. The van der Waals surface area contributed by atoms with E-state index >= 15 is 0 Å². The van der Waals surface area contributed by atoms with Gasteiger partial charge in [-0.05, 0) is 13.3 Å². The molecule has 1 unspecified atom stereocenters. The van der Waals surface area contributed by atoms with Crippen LogP contribution in [-0.2, 0) is 0 Å². The summed E-state index contributed by atoms with van der Waals surface area (Å²) in [7, 11) is 0. The van der Waals surface area contributed by atoms with Crippen LogP contribution in [0.25, 0.3) is 0 Å². The van der Waals surface area contributed by atoms with E-state index in [4.69, 9.17) is 5.73 Å². The van der Waals surface area contributed by atoms with Crippen LogP contribution < -0.4 is 11.3 Å². The predicted molar refractivity (Wildman–Crippen MR) is 50.1 cm³/mol. The maximum atomic E-state index is 12.8. The van der Waals surface area contributed by atoms with Crippen LogP contribution in [-0.4, -0.2) is 4.57 Å². The molecular formula is C9H13FN2O. The van der Waals surface area contributed by atoms with Crippen LogP contribution in [0.4, 0.5) is 10.1 Å². The summed E-state index contributed by atoms with van der Waals surface area (Å²) < 4.78 is 14.2. The van der Waals surface area contributed by atoms with Crippen LogP contribution in [0.1, 0.15) is 26.3 Å². The number of nitrogens with two attached hydrogens (primary N) is 1. The lowest BCUT2D eigenvalue weighted by atomic mass is 10.2. The van der Waals surface area contributed by atoms with E-state index in [9.17, 15) is 9.18 Å². The number of nitrogens with zero attached hydrogens (tertiary/aromatic N) is 1. The van der Waals surface area contributed by atoms with Crippen LogP contribution in [0, 0.1) is 5.82 Å². The molecule has 0 bridgehead atoms. The third kappa shape index (κ3) is 1.88. The van der Waals surface area contributed by atoms with E-state index in [0.717, 1.165) is 12.5 Å². The molecule has 13 heavy (non-hydrogen) atoms. The second-order valence-electron chi connectivity index (χ2n) is 3.08. The van der Waals surface area contributed by atoms with Gasteiger partial charge in [0.25, 0.3) is 5.56 Å². The molecule has 0 spiro atoms. The van der Waals surface area contributed by atoms with Crippen molar-refractivity contribution in [3.8, 4) is 0 Å². The van der Waals surface area contributed by atoms with Crippen molar-refractivity contribution in [1.29, 1.82) is 0 Å². The molecule has 2 N–H and O–H groups in total. The molecule has 0 amide bonds. The molecule has 72 valence electrons. The number of hydrogen-bond acceptors (Lipinski definition) is 2. The highest BCUT2D eigenvalue weighted by molar-refractivity contribution is 5.35. The van der Waals surface area contributed by atoms with Gasteiger partial charge in [-0.15, -0.1) is 0 Å². The molecular weight excluding hydrogens is 171 g/mol. The van der Waals surface area contributed by atoms with E-state index in [1.54, 1.807) is 0 Å². The highest BCUT2D eigenvalue weighted by atomic mass is 19.1. The third-order valence-electron chi connectivity index (χ3n) is 2.12. The van der Waals surface area contributed by atoms with Crippen molar-refractivity contribution in [2.45, 2.75) is 26.3 Å². The zero-order chi connectivity index (χ0) is 10.0. The molecule has 1 atom stereocenters. The van der Waals surface area contributed by atoms with Crippen molar-refractivity contribution in [3.05, 3.63) is 28.4 Å². The van der Waals surface area contributed by atoms with E-state index in [1.807, 2.05) is 13.8 Å². The average molecular weight is 184 g/mol. The first-order chi connectivity index (χ1) is 6.06. The molecule has 0 aromatic carbocycles. The number of rotatable bonds is 2. The summed E-state index contributed by atoms with van der Waals surface area (Å²) in [6.07, 6.45) is 2.16. The standard InChI is InChI=1S/C9H13FN2O/c1-3-6(2)12-5-8(11)7(10)4-9(12)13/h4-6H,3,11H2,1-2H3. The van der Waals surface area contributed by atoms with Crippen LogP contribution in [0.2, 0.25) is 0 Å².